The lowest BCUT2D eigenvalue weighted by molar-refractivity contribution is -0.0205. The summed E-state index contributed by atoms with van der Waals surface area (Å²) in [5, 5.41) is 25.7. The average molecular weight is 415 g/mol. The van der Waals surface area contributed by atoms with Crippen molar-refractivity contribution in [3.63, 3.8) is 0 Å². The SMILES string of the molecule is COc1cccc(NC(=O)NCC2OC(CO)C(O)C2N(C)Cc2ccccc2)c1. The number of anilines is 1. The summed E-state index contributed by atoms with van der Waals surface area (Å²) in [6.07, 6.45) is -2.03. The van der Waals surface area contributed by atoms with E-state index in [4.69, 9.17) is 9.47 Å². The van der Waals surface area contributed by atoms with Crippen LogP contribution >= 0.6 is 0 Å². The van der Waals surface area contributed by atoms with Gasteiger partial charge in [0.2, 0.25) is 0 Å². The van der Waals surface area contributed by atoms with E-state index in [0.29, 0.717) is 18.0 Å². The van der Waals surface area contributed by atoms with Crippen LogP contribution < -0.4 is 15.4 Å². The number of methoxy groups -OCH3 is 1. The van der Waals surface area contributed by atoms with Crippen LogP contribution in [0.4, 0.5) is 10.5 Å². The number of ether oxygens (including phenoxy) is 2. The van der Waals surface area contributed by atoms with Crippen molar-refractivity contribution in [3.05, 3.63) is 60.2 Å². The molecule has 4 N–H and O–H groups in total. The van der Waals surface area contributed by atoms with E-state index in [9.17, 15) is 15.0 Å². The molecule has 3 rings (SSSR count). The summed E-state index contributed by atoms with van der Waals surface area (Å²) in [6.45, 7) is 0.507. The van der Waals surface area contributed by atoms with E-state index in [2.05, 4.69) is 10.6 Å². The van der Waals surface area contributed by atoms with Gasteiger partial charge in [-0.05, 0) is 24.7 Å². The van der Waals surface area contributed by atoms with Gasteiger partial charge in [0, 0.05) is 24.8 Å². The smallest absolute Gasteiger partial charge is 0.319 e. The molecule has 1 aliphatic rings. The molecule has 0 aliphatic carbocycles. The molecule has 4 unspecified atom stereocenters. The van der Waals surface area contributed by atoms with Crippen LogP contribution in [0.2, 0.25) is 0 Å². The van der Waals surface area contributed by atoms with E-state index in [-0.39, 0.29) is 19.2 Å². The number of urea groups is 1. The largest absolute Gasteiger partial charge is 0.497 e. The van der Waals surface area contributed by atoms with Gasteiger partial charge in [-0.25, -0.2) is 4.79 Å². The zero-order chi connectivity index (χ0) is 21.5. The molecule has 2 aromatic carbocycles. The predicted molar refractivity (Wildman–Crippen MR) is 113 cm³/mol. The molecule has 2 amide bonds. The molecule has 0 bridgehead atoms. The monoisotopic (exact) mass is 415 g/mol. The molecule has 162 valence electrons. The van der Waals surface area contributed by atoms with Gasteiger partial charge in [-0.1, -0.05) is 36.4 Å². The number of amides is 2. The summed E-state index contributed by atoms with van der Waals surface area (Å²) in [5.41, 5.74) is 1.70. The predicted octanol–water partition coefficient (Wildman–Crippen LogP) is 1.44. The summed E-state index contributed by atoms with van der Waals surface area (Å²) in [4.78, 5) is 14.3. The number of carbonyl (C=O) groups is 1. The maximum atomic E-state index is 12.3. The molecule has 8 nitrogen and oxygen atoms in total. The second-order valence-electron chi connectivity index (χ2n) is 7.34. The van der Waals surface area contributed by atoms with E-state index in [0.717, 1.165) is 5.56 Å². The molecule has 8 heteroatoms. The minimum Gasteiger partial charge on any atom is -0.497 e. The summed E-state index contributed by atoms with van der Waals surface area (Å²) in [6, 6.07) is 16.2. The molecule has 1 aliphatic heterocycles. The Bertz CT molecular complexity index is 819. The third-order valence-electron chi connectivity index (χ3n) is 5.22. The van der Waals surface area contributed by atoms with Crippen molar-refractivity contribution in [1.82, 2.24) is 10.2 Å². The Labute approximate surface area is 176 Å². The number of likely N-dealkylation sites (N-methyl/N-ethyl adjacent to an activating group) is 1. The van der Waals surface area contributed by atoms with Crippen LogP contribution in [0.1, 0.15) is 5.56 Å². The number of carbonyl (C=O) groups excluding carboxylic acids is 1. The van der Waals surface area contributed by atoms with Crippen LogP contribution in [0.5, 0.6) is 5.75 Å². The Hall–Kier alpha value is -2.65. The maximum Gasteiger partial charge on any atom is 0.319 e. The van der Waals surface area contributed by atoms with Crippen molar-refractivity contribution in [2.75, 3.05) is 32.6 Å². The number of aliphatic hydroxyl groups excluding tert-OH is 2. The number of aliphatic hydroxyl groups is 2. The van der Waals surface area contributed by atoms with E-state index < -0.39 is 24.3 Å². The fraction of sp³-hybridized carbons (Fsp3) is 0.409. The van der Waals surface area contributed by atoms with Gasteiger partial charge in [-0.3, -0.25) is 4.90 Å². The molecule has 0 spiro atoms. The number of hydrogen-bond acceptors (Lipinski definition) is 6. The van der Waals surface area contributed by atoms with Gasteiger partial charge in [0.05, 0.1) is 25.9 Å². The van der Waals surface area contributed by atoms with Gasteiger partial charge in [-0.15, -0.1) is 0 Å². The number of nitrogens with zero attached hydrogens (tertiary/aromatic N) is 1. The second-order valence-corrected chi connectivity index (χ2v) is 7.34. The van der Waals surface area contributed by atoms with Gasteiger partial charge in [0.25, 0.3) is 0 Å². The van der Waals surface area contributed by atoms with Crippen molar-refractivity contribution in [2.24, 2.45) is 0 Å². The van der Waals surface area contributed by atoms with Crippen LogP contribution in [0, 0.1) is 0 Å². The van der Waals surface area contributed by atoms with Gasteiger partial charge in [0.15, 0.2) is 0 Å². The first kappa shape index (κ1) is 22.0. The van der Waals surface area contributed by atoms with Crippen LogP contribution in [-0.2, 0) is 11.3 Å². The Balaban J connectivity index is 1.61. The van der Waals surface area contributed by atoms with Crippen molar-refractivity contribution in [3.8, 4) is 5.75 Å². The Morgan fingerprint density at radius 1 is 1.17 bits per heavy atom. The van der Waals surface area contributed by atoms with Crippen LogP contribution in [-0.4, -0.2) is 72.8 Å². The van der Waals surface area contributed by atoms with E-state index in [1.54, 1.807) is 31.4 Å². The molecule has 1 fully saturated rings. The third-order valence-corrected chi connectivity index (χ3v) is 5.22. The second kappa shape index (κ2) is 10.4. The van der Waals surface area contributed by atoms with E-state index in [1.807, 2.05) is 42.3 Å². The quantitative estimate of drug-likeness (QED) is 0.520. The first-order valence-corrected chi connectivity index (χ1v) is 9.89. The molecule has 1 heterocycles. The molecule has 4 atom stereocenters. The molecule has 30 heavy (non-hydrogen) atoms. The zero-order valence-electron chi connectivity index (χ0n) is 17.2. The molecule has 2 aromatic rings. The number of hydrogen-bond donors (Lipinski definition) is 4. The number of rotatable bonds is 8. The minimum absolute atomic E-state index is 0.188. The third kappa shape index (κ3) is 5.48. The lowest BCUT2D eigenvalue weighted by atomic mass is 10.0. The first-order valence-electron chi connectivity index (χ1n) is 9.89. The highest BCUT2D eigenvalue weighted by Gasteiger charge is 2.45. The topological polar surface area (TPSA) is 103 Å². The van der Waals surface area contributed by atoms with E-state index in [1.165, 1.54) is 0 Å². The normalized spacial score (nSPS) is 23.4. The van der Waals surface area contributed by atoms with E-state index >= 15 is 0 Å². The standard InChI is InChI=1S/C22H29N3O5/c1-25(13-15-7-4-3-5-8-15)20-18(30-19(14-26)21(20)27)12-23-22(28)24-16-9-6-10-17(11-16)29-2/h3-11,18-21,26-27H,12-14H2,1-2H3,(H2,23,24,28). The van der Waals surface area contributed by atoms with Crippen LogP contribution in [0.15, 0.2) is 54.6 Å². The Kier molecular flexibility index (Phi) is 7.64. The lowest BCUT2D eigenvalue weighted by Gasteiger charge is -2.30. The van der Waals surface area contributed by atoms with Gasteiger partial charge < -0.3 is 30.3 Å². The van der Waals surface area contributed by atoms with Crippen molar-refractivity contribution >= 4 is 11.7 Å². The van der Waals surface area contributed by atoms with Crippen LogP contribution in [0.25, 0.3) is 0 Å². The highest BCUT2D eigenvalue weighted by molar-refractivity contribution is 5.89. The molecule has 0 radical (unpaired) electrons. The van der Waals surface area contributed by atoms with Crippen LogP contribution in [0.3, 0.4) is 0 Å². The highest BCUT2D eigenvalue weighted by atomic mass is 16.5. The summed E-state index contributed by atoms with van der Waals surface area (Å²) in [7, 11) is 3.46. The van der Waals surface area contributed by atoms with Crippen molar-refractivity contribution in [2.45, 2.75) is 30.9 Å². The highest BCUT2D eigenvalue weighted by Crippen LogP contribution is 2.26. The van der Waals surface area contributed by atoms with Gasteiger partial charge in [-0.2, -0.15) is 0 Å². The van der Waals surface area contributed by atoms with Gasteiger partial charge in [0.1, 0.15) is 18.0 Å². The maximum absolute atomic E-state index is 12.3. The average Bonchev–Trinajstić information content (AvgIpc) is 3.08. The molecular formula is C22H29N3O5. The summed E-state index contributed by atoms with van der Waals surface area (Å²) < 4.78 is 11.0. The fourth-order valence-corrected chi connectivity index (χ4v) is 3.74. The lowest BCUT2D eigenvalue weighted by Crippen LogP contribution is -2.49. The van der Waals surface area contributed by atoms with Gasteiger partial charge >= 0.3 is 6.03 Å². The first-order chi connectivity index (χ1) is 14.5. The zero-order valence-corrected chi connectivity index (χ0v) is 17.2. The van der Waals surface area contributed by atoms with Crippen molar-refractivity contribution in [1.29, 1.82) is 0 Å². The Morgan fingerprint density at radius 2 is 1.93 bits per heavy atom. The molecule has 0 aromatic heterocycles. The van der Waals surface area contributed by atoms with Crippen molar-refractivity contribution < 1.29 is 24.5 Å². The molecular weight excluding hydrogens is 386 g/mol. The summed E-state index contributed by atoms with van der Waals surface area (Å²) in [5.74, 6) is 0.642. The molecule has 0 saturated carbocycles. The number of nitrogens with one attached hydrogen (secondary N) is 2. The molecule has 1 saturated heterocycles. The number of benzene rings is 2. The minimum atomic E-state index is -0.864. The summed E-state index contributed by atoms with van der Waals surface area (Å²) >= 11 is 0. The fourth-order valence-electron chi connectivity index (χ4n) is 3.74. The Morgan fingerprint density at radius 3 is 2.63 bits per heavy atom.